The predicted molar refractivity (Wildman–Crippen MR) is 114 cm³/mol. The number of anilines is 2. The van der Waals surface area contributed by atoms with E-state index in [2.05, 4.69) is 25.1 Å². The number of amides is 1. The van der Waals surface area contributed by atoms with Gasteiger partial charge in [0.05, 0.1) is 28.5 Å². The van der Waals surface area contributed by atoms with Crippen molar-refractivity contribution in [2.24, 2.45) is 0 Å². The zero-order chi connectivity index (χ0) is 19.7. The van der Waals surface area contributed by atoms with Crippen molar-refractivity contribution in [3.8, 4) is 0 Å². The number of piperidine rings is 1. The summed E-state index contributed by atoms with van der Waals surface area (Å²) >= 11 is 0. The number of benzene rings is 1. The number of nitrogens with zero attached hydrogens (tertiary/aromatic N) is 4. The normalized spacial score (nSPS) is 21.2. The van der Waals surface area contributed by atoms with E-state index < -0.39 is 15.7 Å². The topological polar surface area (TPSA) is 95.5 Å². The molecule has 0 atom stereocenters. The van der Waals surface area contributed by atoms with Crippen LogP contribution in [0.3, 0.4) is 0 Å². The average Bonchev–Trinajstić information content (AvgIpc) is 3.02. The van der Waals surface area contributed by atoms with Gasteiger partial charge in [0.15, 0.2) is 9.84 Å². The molecule has 0 aliphatic carbocycles. The Balaban J connectivity index is 0.00000240. The fraction of sp³-hybridized carbons (Fsp3) is 0.421. The number of hydrogen-bond donors (Lipinski definition) is 1. The summed E-state index contributed by atoms with van der Waals surface area (Å²) in [6.45, 7) is 4.16. The lowest BCUT2D eigenvalue weighted by Gasteiger charge is -2.31. The third-order valence-corrected chi connectivity index (χ3v) is 6.49. The number of nitrogens with one attached hydrogen (secondary N) is 1. The third-order valence-electron chi connectivity index (χ3n) is 5.34. The Morgan fingerprint density at radius 3 is 2.38 bits per heavy atom. The van der Waals surface area contributed by atoms with E-state index in [-0.39, 0.29) is 22.9 Å². The van der Waals surface area contributed by atoms with Crippen molar-refractivity contribution >= 4 is 39.8 Å². The van der Waals surface area contributed by atoms with E-state index in [1.54, 1.807) is 24.5 Å². The van der Waals surface area contributed by atoms with E-state index in [0.717, 1.165) is 45.3 Å². The number of carbonyl (C=O) groups is 1. The first-order valence-electron chi connectivity index (χ1n) is 9.33. The quantitative estimate of drug-likeness (QED) is 0.779. The predicted octanol–water partition coefficient (Wildman–Crippen LogP) is 1.84. The lowest BCUT2D eigenvalue weighted by Crippen LogP contribution is -2.38. The molecule has 10 heteroatoms. The van der Waals surface area contributed by atoms with Gasteiger partial charge < -0.3 is 15.1 Å². The Morgan fingerprint density at radius 1 is 1.07 bits per heavy atom. The average molecular weight is 438 g/mol. The Hall–Kier alpha value is -2.23. The lowest BCUT2D eigenvalue weighted by atomic mass is 10.1. The van der Waals surface area contributed by atoms with Crippen LogP contribution < -0.4 is 10.2 Å². The number of carbonyl (C=O) groups excluding carboxylic acids is 1. The van der Waals surface area contributed by atoms with Crippen LogP contribution in [0.5, 0.6) is 0 Å². The van der Waals surface area contributed by atoms with E-state index in [4.69, 9.17) is 0 Å². The van der Waals surface area contributed by atoms with Crippen LogP contribution >= 0.6 is 12.4 Å². The van der Waals surface area contributed by atoms with Gasteiger partial charge >= 0.3 is 0 Å². The van der Waals surface area contributed by atoms with Gasteiger partial charge in [0, 0.05) is 38.5 Å². The van der Waals surface area contributed by atoms with Gasteiger partial charge in [0.2, 0.25) is 5.95 Å². The van der Waals surface area contributed by atoms with Gasteiger partial charge in [-0.05, 0) is 25.0 Å². The van der Waals surface area contributed by atoms with Crippen LogP contribution in [0.1, 0.15) is 23.2 Å². The van der Waals surface area contributed by atoms with Crippen LogP contribution in [-0.2, 0) is 9.84 Å². The summed E-state index contributed by atoms with van der Waals surface area (Å²) in [5, 5.41) is 2.69. The molecular formula is C19H24ClN5O3S. The monoisotopic (exact) mass is 437 g/mol. The van der Waals surface area contributed by atoms with Crippen molar-refractivity contribution < 1.29 is 13.2 Å². The number of hydrogen-bond acceptors (Lipinski definition) is 7. The smallest absolute Gasteiger partial charge is 0.257 e. The summed E-state index contributed by atoms with van der Waals surface area (Å²) in [6.07, 6.45) is 6.46. The second-order valence-electron chi connectivity index (χ2n) is 7.26. The molecule has 156 valence electrons. The fourth-order valence-corrected chi connectivity index (χ4v) is 4.75. The van der Waals surface area contributed by atoms with Crippen LogP contribution in [0.25, 0.3) is 0 Å². The molecule has 0 unspecified atom stereocenters. The van der Waals surface area contributed by atoms with Gasteiger partial charge in [0.25, 0.3) is 5.91 Å². The standard InChI is InChI=1S/C19H23N5O3S.ClH/c1-28(26,27)17-5-3-2-4-16(17)18(25)22-14-12-20-19(21-13-14)24-11-10-23-8-6-15(24)7-9-23;/h2-5,12-13,15H,6-11H2,1H3,(H,22,25);1H. The molecular weight excluding hydrogens is 414 g/mol. The molecule has 0 spiro atoms. The molecule has 5 rings (SSSR count). The summed E-state index contributed by atoms with van der Waals surface area (Å²) < 4.78 is 23.8. The Bertz CT molecular complexity index is 976. The molecule has 0 radical (unpaired) electrons. The Kier molecular flexibility index (Phi) is 6.40. The first-order chi connectivity index (χ1) is 13.4. The molecule has 3 aliphatic heterocycles. The second-order valence-corrected chi connectivity index (χ2v) is 9.24. The maximum atomic E-state index is 12.6. The maximum Gasteiger partial charge on any atom is 0.257 e. The molecule has 3 aliphatic rings. The Labute approximate surface area is 176 Å². The minimum absolute atomic E-state index is 0. The second kappa shape index (κ2) is 8.64. The minimum Gasteiger partial charge on any atom is -0.336 e. The SMILES string of the molecule is CS(=O)(=O)c1ccccc1C(=O)Nc1cnc(N2CCN3CCC2CC3)nc1.Cl. The largest absolute Gasteiger partial charge is 0.336 e. The molecule has 3 fully saturated rings. The molecule has 0 saturated carbocycles. The maximum absolute atomic E-state index is 12.6. The van der Waals surface area contributed by atoms with Gasteiger partial charge in [-0.3, -0.25) is 4.79 Å². The van der Waals surface area contributed by atoms with E-state index in [9.17, 15) is 13.2 Å². The number of rotatable bonds is 4. The van der Waals surface area contributed by atoms with Crippen molar-refractivity contribution in [1.29, 1.82) is 0 Å². The number of fused-ring (bicyclic) bond motifs is 4. The van der Waals surface area contributed by atoms with Crippen molar-refractivity contribution in [3.63, 3.8) is 0 Å². The molecule has 8 nitrogen and oxygen atoms in total. The van der Waals surface area contributed by atoms with Crippen molar-refractivity contribution in [2.45, 2.75) is 23.8 Å². The molecule has 2 aromatic rings. The highest BCUT2D eigenvalue weighted by atomic mass is 35.5. The summed E-state index contributed by atoms with van der Waals surface area (Å²) in [4.78, 5) is 26.2. The summed E-state index contributed by atoms with van der Waals surface area (Å²) in [6, 6.07) is 6.60. The zero-order valence-corrected chi connectivity index (χ0v) is 17.7. The molecule has 3 saturated heterocycles. The zero-order valence-electron chi connectivity index (χ0n) is 16.1. The number of aromatic nitrogens is 2. The summed E-state index contributed by atoms with van der Waals surface area (Å²) in [5.74, 6) is 0.168. The highest BCUT2D eigenvalue weighted by Gasteiger charge is 2.30. The number of halogens is 1. The van der Waals surface area contributed by atoms with Gasteiger partial charge in [-0.25, -0.2) is 18.4 Å². The van der Waals surface area contributed by atoms with Gasteiger partial charge in [-0.15, -0.1) is 12.4 Å². The van der Waals surface area contributed by atoms with E-state index in [0.29, 0.717) is 17.7 Å². The van der Waals surface area contributed by atoms with Crippen molar-refractivity contribution in [2.75, 3.05) is 42.7 Å². The molecule has 1 amide bonds. The molecule has 1 aromatic carbocycles. The minimum atomic E-state index is -3.50. The van der Waals surface area contributed by atoms with Crippen LogP contribution in [0, 0.1) is 0 Å². The molecule has 1 N–H and O–H groups in total. The van der Waals surface area contributed by atoms with E-state index in [1.165, 1.54) is 12.1 Å². The molecule has 29 heavy (non-hydrogen) atoms. The van der Waals surface area contributed by atoms with Gasteiger partial charge in [0.1, 0.15) is 0 Å². The van der Waals surface area contributed by atoms with Crippen LogP contribution in [0.15, 0.2) is 41.6 Å². The van der Waals surface area contributed by atoms with Crippen LogP contribution in [0.4, 0.5) is 11.6 Å². The third kappa shape index (κ3) is 4.68. The van der Waals surface area contributed by atoms with Crippen molar-refractivity contribution in [1.82, 2.24) is 14.9 Å². The first-order valence-corrected chi connectivity index (χ1v) is 11.2. The number of sulfone groups is 1. The van der Waals surface area contributed by atoms with E-state index in [1.807, 2.05) is 0 Å². The van der Waals surface area contributed by atoms with Gasteiger partial charge in [-0.2, -0.15) is 0 Å². The molecule has 1 aromatic heterocycles. The highest BCUT2D eigenvalue weighted by Crippen LogP contribution is 2.24. The first kappa shape index (κ1) is 21.5. The molecule has 2 bridgehead atoms. The fourth-order valence-electron chi connectivity index (χ4n) is 3.86. The van der Waals surface area contributed by atoms with Crippen LogP contribution in [-0.4, -0.2) is 67.7 Å². The van der Waals surface area contributed by atoms with Crippen LogP contribution in [0.2, 0.25) is 0 Å². The lowest BCUT2D eigenvalue weighted by molar-refractivity contribution is 0.102. The van der Waals surface area contributed by atoms with Gasteiger partial charge in [-0.1, -0.05) is 12.1 Å². The summed E-state index contributed by atoms with van der Waals surface area (Å²) in [7, 11) is -3.50. The summed E-state index contributed by atoms with van der Waals surface area (Å²) in [5.41, 5.74) is 0.535. The van der Waals surface area contributed by atoms with Crippen molar-refractivity contribution in [3.05, 3.63) is 42.2 Å². The Morgan fingerprint density at radius 2 is 1.72 bits per heavy atom. The van der Waals surface area contributed by atoms with E-state index >= 15 is 0 Å². The highest BCUT2D eigenvalue weighted by molar-refractivity contribution is 7.90. The molecule has 4 heterocycles.